The molecule has 0 unspecified atom stereocenters. The summed E-state index contributed by atoms with van der Waals surface area (Å²) in [6, 6.07) is 0.518. The van der Waals surface area contributed by atoms with Crippen molar-refractivity contribution < 1.29 is 9.90 Å². The number of rotatable bonds is 8. The maximum Gasteiger partial charge on any atom is 0.304 e. The van der Waals surface area contributed by atoms with Crippen LogP contribution in [0, 0.1) is 0 Å². The van der Waals surface area contributed by atoms with E-state index < -0.39 is 5.97 Å². The van der Waals surface area contributed by atoms with Gasteiger partial charge in [0.05, 0.1) is 6.42 Å². The number of carboxylic acids is 1. The molecule has 0 bridgehead atoms. The first-order valence-electron chi connectivity index (χ1n) is 6.81. The summed E-state index contributed by atoms with van der Waals surface area (Å²) in [6.45, 7) is 11.6. The second-order valence-electron chi connectivity index (χ2n) is 5.74. The van der Waals surface area contributed by atoms with Gasteiger partial charge in [-0.2, -0.15) is 0 Å². The van der Waals surface area contributed by atoms with Gasteiger partial charge in [0.25, 0.3) is 0 Å². The minimum Gasteiger partial charge on any atom is -0.481 e. The molecule has 0 heterocycles. The lowest BCUT2D eigenvalue weighted by Gasteiger charge is -2.41. The van der Waals surface area contributed by atoms with Crippen LogP contribution in [0.3, 0.4) is 0 Å². The van der Waals surface area contributed by atoms with Gasteiger partial charge in [0.15, 0.2) is 0 Å². The van der Waals surface area contributed by atoms with Gasteiger partial charge < -0.3 is 5.11 Å². The van der Waals surface area contributed by atoms with E-state index in [2.05, 4.69) is 39.5 Å². The highest BCUT2D eigenvalue weighted by Gasteiger charge is 2.27. The summed E-state index contributed by atoms with van der Waals surface area (Å²) in [5.74, 6) is -0.703. The first-order chi connectivity index (χ1) is 7.82. The SMILES string of the molecule is CCCC(CCC)N(CCC(=O)O)C(C)(C)C. The zero-order chi connectivity index (χ0) is 13.5. The van der Waals surface area contributed by atoms with Crippen LogP contribution >= 0.6 is 0 Å². The van der Waals surface area contributed by atoms with E-state index in [-0.39, 0.29) is 12.0 Å². The largest absolute Gasteiger partial charge is 0.481 e. The average molecular weight is 243 g/mol. The number of nitrogens with zero attached hydrogens (tertiary/aromatic N) is 1. The van der Waals surface area contributed by atoms with E-state index >= 15 is 0 Å². The van der Waals surface area contributed by atoms with Gasteiger partial charge in [-0.3, -0.25) is 9.69 Å². The third-order valence-electron chi connectivity index (χ3n) is 3.11. The van der Waals surface area contributed by atoms with Crippen molar-refractivity contribution in [3.8, 4) is 0 Å². The Morgan fingerprint density at radius 3 is 1.94 bits per heavy atom. The quantitative estimate of drug-likeness (QED) is 0.709. The first kappa shape index (κ1) is 16.4. The van der Waals surface area contributed by atoms with Gasteiger partial charge in [0.2, 0.25) is 0 Å². The predicted octanol–water partition coefficient (Wildman–Crippen LogP) is 3.53. The molecule has 3 heteroatoms. The third kappa shape index (κ3) is 6.67. The molecule has 0 rings (SSSR count). The lowest BCUT2D eigenvalue weighted by atomic mass is 9.96. The Hall–Kier alpha value is -0.570. The van der Waals surface area contributed by atoms with Crippen molar-refractivity contribution >= 4 is 5.97 Å². The summed E-state index contributed by atoms with van der Waals surface area (Å²) in [7, 11) is 0. The van der Waals surface area contributed by atoms with E-state index in [1.807, 2.05) is 0 Å². The Balaban J connectivity index is 4.66. The van der Waals surface area contributed by atoms with E-state index in [4.69, 9.17) is 5.11 Å². The highest BCUT2D eigenvalue weighted by molar-refractivity contribution is 5.66. The molecule has 0 spiro atoms. The lowest BCUT2D eigenvalue weighted by molar-refractivity contribution is -0.137. The molecule has 0 aliphatic heterocycles. The fourth-order valence-electron chi connectivity index (χ4n) is 2.40. The second-order valence-corrected chi connectivity index (χ2v) is 5.74. The van der Waals surface area contributed by atoms with Crippen LogP contribution < -0.4 is 0 Å². The third-order valence-corrected chi connectivity index (χ3v) is 3.11. The van der Waals surface area contributed by atoms with E-state index in [0.29, 0.717) is 12.6 Å². The Kier molecular flexibility index (Phi) is 7.44. The molecular weight excluding hydrogens is 214 g/mol. The highest BCUT2D eigenvalue weighted by atomic mass is 16.4. The van der Waals surface area contributed by atoms with E-state index in [0.717, 1.165) is 25.7 Å². The molecule has 0 aliphatic carbocycles. The minimum atomic E-state index is -0.703. The normalized spacial score (nSPS) is 12.4. The van der Waals surface area contributed by atoms with Crippen molar-refractivity contribution in [2.45, 2.75) is 78.3 Å². The topological polar surface area (TPSA) is 40.5 Å². The number of hydrogen-bond acceptors (Lipinski definition) is 2. The molecule has 0 amide bonds. The summed E-state index contributed by atoms with van der Waals surface area (Å²) in [5.41, 5.74) is 0.0461. The molecule has 0 aromatic carbocycles. The molecule has 0 aliphatic rings. The fourth-order valence-corrected chi connectivity index (χ4v) is 2.40. The van der Waals surface area contributed by atoms with E-state index in [9.17, 15) is 4.79 Å². The van der Waals surface area contributed by atoms with Gasteiger partial charge in [0, 0.05) is 18.1 Å². The number of carboxylic acid groups (broad SMARTS) is 1. The summed E-state index contributed by atoms with van der Waals surface area (Å²) in [4.78, 5) is 13.1. The van der Waals surface area contributed by atoms with Crippen molar-refractivity contribution in [2.75, 3.05) is 6.54 Å². The van der Waals surface area contributed by atoms with Crippen molar-refractivity contribution in [1.29, 1.82) is 0 Å². The van der Waals surface area contributed by atoms with Gasteiger partial charge in [-0.1, -0.05) is 26.7 Å². The monoisotopic (exact) mass is 243 g/mol. The first-order valence-corrected chi connectivity index (χ1v) is 6.81. The van der Waals surface area contributed by atoms with Crippen LogP contribution in [0.15, 0.2) is 0 Å². The van der Waals surface area contributed by atoms with Crippen LogP contribution in [0.5, 0.6) is 0 Å². The number of hydrogen-bond donors (Lipinski definition) is 1. The molecule has 0 atom stereocenters. The fraction of sp³-hybridized carbons (Fsp3) is 0.929. The molecule has 0 aromatic heterocycles. The molecule has 0 saturated heterocycles. The summed E-state index contributed by atoms with van der Waals surface area (Å²) in [5, 5.41) is 8.84. The van der Waals surface area contributed by atoms with Crippen LogP contribution in [0.4, 0.5) is 0 Å². The Morgan fingerprint density at radius 2 is 1.65 bits per heavy atom. The summed E-state index contributed by atoms with van der Waals surface area (Å²) >= 11 is 0. The summed E-state index contributed by atoms with van der Waals surface area (Å²) in [6.07, 6.45) is 4.87. The molecule has 0 radical (unpaired) electrons. The van der Waals surface area contributed by atoms with E-state index in [1.54, 1.807) is 0 Å². The van der Waals surface area contributed by atoms with E-state index in [1.165, 1.54) is 0 Å². The molecule has 1 N–H and O–H groups in total. The summed E-state index contributed by atoms with van der Waals surface area (Å²) < 4.78 is 0. The molecule has 102 valence electrons. The predicted molar refractivity (Wildman–Crippen MR) is 72.3 cm³/mol. The van der Waals surface area contributed by atoms with Crippen molar-refractivity contribution in [3.63, 3.8) is 0 Å². The molecule has 17 heavy (non-hydrogen) atoms. The zero-order valence-electron chi connectivity index (χ0n) is 12.1. The second kappa shape index (κ2) is 7.70. The van der Waals surface area contributed by atoms with Crippen molar-refractivity contribution in [3.05, 3.63) is 0 Å². The molecule has 0 saturated carbocycles. The minimum absolute atomic E-state index is 0.0461. The smallest absolute Gasteiger partial charge is 0.304 e. The lowest BCUT2D eigenvalue weighted by Crippen LogP contribution is -2.49. The Labute approximate surface area is 106 Å². The van der Waals surface area contributed by atoms with Gasteiger partial charge in [-0.15, -0.1) is 0 Å². The highest BCUT2D eigenvalue weighted by Crippen LogP contribution is 2.23. The molecule has 0 aromatic rings. The molecule has 0 fully saturated rings. The van der Waals surface area contributed by atoms with Crippen LogP contribution in [0.1, 0.15) is 66.7 Å². The maximum atomic E-state index is 10.7. The van der Waals surface area contributed by atoms with Gasteiger partial charge in [0.1, 0.15) is 0 Å². The van der Waals surface area contributed by atoms with Crippen molar-refractivity contribution in [2.24, 2.45) is 0 Å². The van der Waals surface area contributed by atoms with Crippen LogP contribution in [0.25, 0.3) is 0 Å². The van der Waals surface area contributed by atoms with Crippen LogP contribution in [0.2, 0.25) is 0 Å². The van der Waals surface area contributed by atoms with Gasteiger partial charge in [-0.25, -0.2) is 0 Å². The number of aliphatic carboxylic acids is 1. The molecule has 3 nitrogen and oxygen atoms in total. The maximum absolute atomic E-state index is 10.7. The average Bonchev–Trinajstić information content (AvgIpc) is 2.15. The van der Waals surface area contributed by atoms with Crippen LogP contribution in [-0.4, -0.2) is 34.1 Å². The standard InChI is InChI=1S/C14H29NO2/c1-6-8-12(9-7-2)15(14(3,4)5)11-10-13(16)17/h12H,6-11H2,1-5H3,(H,16,17). The van der Waals surface area contributed by atoms with Crippen molar-refractivity contribution in [1.82, 2.24) is 4.90 Å². The Morgan fingerprint density at radius 1 is 1.18 bits per heavy atom. The Bertz CT molecular complexity index is 215. The molecular formula is C14H29NO2. The number of carbonyl (C=O) groups is 1. The van der Waals surface area contributed by atoms with Gasteiger partial charge >= 0.3 is 5.97 Å². The zero-order valence-corrected chi connectivity index (χ0v) is 12.1. The van der Waals surface area contributed by atoms with Crippen LogP contribution in [-0.2, 0) is 4.79 Å². The van der Waals surface area contributed by atoms with Gasteiger partial charge in [-0.05, 0) is 33.6 Å².